The van der Waals surface area contributed by atoms with E-state index in [2.05, 4.69) is 13.2 Å². The Labute approximate surface area is 95.6 Å². The zero-order chi connectivity index (χ0) is 11.4. The lowest BCUT2D eigenvalue weighted by Crippen LogP contribution is -2.24. The minimum atomic E-state index is 0.572. The lowest BCUT2D eigenvalue weighted by molar-refractivity contribution is 0.169. The number of nitrogens with zero attached hydrogens (tertiary/aromatic N) is 1. The predicted octanol–water partition coefficient (Wildman–Crippen LogP) is 2.56. The molecule has 84 valence electrons. The molecule has 1 aliphatic heterocycles. The van der Waals surface area contributed by atoms with E-state index in [1.807, 2.05) is 29.2 Å². The van der Waals surface area contributed by atoms with E-state index < -0.39 is 0 Å². The molecule has 0 unspecified atom stereocenters. The molecular weight excluding hydrogens is 202 g/mol. The van der Waals surface area contributed by atoms with Crippen molar-refractivity contribution in [2.24, 2.45) is 0 Å². The molecule has 3 heteroatoms. The minimum absolute atomic E-state index is 0.572. The van der Waals surface area contributed by atoms with Crippen molar-refractivity contribution in [1.82, 2.24) is 0 Å². The van der Waals surface area contributed by atoms with Gasteiger partial charge in [0.15, 0.2) is 11.6 Å². The molecule has 0 aromatic heterocycles. The fourth-order valence-electron chi connectivity index (χ4n) is 1.65. The van der Waals surface area contributed by atoms with Crippen molar-refractivity contribution in [2.75, 3.05) is 24.7 Å². The zero-order valence-electron chi connectivity index (χ0n) is 9.19. The van der Waals surface area contributed by atoms with Crippen LogP contribution in [0.2, 0.25) is 0 Å². The third kappa shape index (κ3) is 2.09. The first-order valence-corrected chi connectivity index (χ1v) is 5.25. The third-order valence-electron chi connectivity index (χ3n) is 2.38. The summed E-state index contributed by atoms with van der Waals surface area (Å²) in [7, 11) is 0. The van der Waals surface area contributed by atoms with Gasteiger partial charge in [-0.05, 0) is 18.7 Å². The van der Waals surface area contributed by atoms with Crippen LogP contribution in [0.1, 0.15) is 0 Å². The summed E-state index contributed by atoms with van der Waals surface area (Å²) < 4.78 is 10.9. The Morgan fingerprint density at radius 2 is 2.19 bits per heavy atom. The van der Waals surface area contributed by atoms with E-state index in [4.69, 9.17) is 9.47 Å². The normalized spacial score (nSPS) is 13.5. The topological polar surface area (TPSA) is 21.7 Å². The highest BCUT2D eigenvalue weighted by atomic mass is 16.5. The first-order chi connectivity index (χ1) is 7.83. The molecule has 0 fully saturated rings. The Balaban J connectivity index is 1.99. The largest absolute Gasteiger partial charge is 0.439 e. The lowest BCUT2D eigenvalue weighted by Gasteiger charge is -2.16. The first kappa shape index (κ1) is 10.8. The Morgan fingerprint density at radius 3 is 3.00 bits per heavy atom. The molecule has 1 aliphatic rings. The van der Waals surface area contributed by atoms with Crippen LogP contribution in [0.5, 0.6) is 5.75 Å². The molecule has 0 saturated heterocycles. The van der Waals surface area contributed by atoms with Crippen LogP contribution in [0.3, 0.4) is 0 Å². The lowest BCUT2D eigenvalue weighted by atomic mass is 10.3. The number of rotatable bonds is 5. The molecule has 1 heterocycles. The monoisotopic (exact) mass is 217 g/mol. The number of fused-ring (bicyclic) bond motifs is 1. The number of benzene rings is 1. The minimum Gasteiger partial charge on any atom is -0.439 e. The number of hydrogen-bond donors (Lipinski definition) is 0. The van der Waals surface area contributed by atoms with Crippen molar-refractivity contribution in [3.8, 4) is 5.75 Å². The summed E-state index contributed by atoms with van der Waals surface area (Å²) in [5, 5.41) is 0. The quantitative estimate of drug-likeness (QED) is 0.559. The summed E-state index contributed by atoms with van der Waals surface area (Å²) in [6.45, 7) is 9.42. The molecule has 3 nitrogen and oxygen atoms in total. The van der Waals surface area contributed by atoms with Gasteiger partial charge in [0.25, 0.3) is 0 Å². The second-order valence-electron chi connectivity index (χ2n) is 3.48. The molecule has 16 heavy (non-hydrogen) atoms. The van der Waals surface area contributed by atoms with Gasteiger partial charge in [-0.3, -0.25) is 0 Å². The van der Waals surface area contributed by atoms with Gasteiger partial charge in [0, 0.05) is 6.54 Å². The highest BCUT2D eigenvalue weighted by Gasteiger charge is 2.23. The van der Waals surface area contributed by atoms with Crippen molar-refractivity contribution < 1.29 is 9.47 Å². The van der Waals surface area contributed by atoms with E-state index in [1.165, 1.54) is 0 Å². The van der Waals surface area contributed by atoms with Gasteiger partial charge in [-0.2, -0.15) is 0 Å². The number of ether oxygens (including phenoxy) is 2. The van der Waals surface area contributed by atoms with Gasteiger partial charge >= 0.3 is 0 Å². The van der Waals surface area contributed by atoms with Gasteiger partial charge in [-0.15, -0.1) is 6.58 Å². The fraction of sp³-hybridized carbons (Fsp3) is 0.231. The van der Waals surface area contributed by atoms with E-state index in [-0.39, 0.29) is 0 Å². The van der Waals surface area contributed by atoms with Gasteiger partial charge in [0.1, 0.15) is 0 Å². The molecule has 1 aromatic carbocycles. The van der Waals surface area contributed by atoms with E-state index in [1.54, 1.807) is 6.08 Å². The SMILES string of the molecule is C=CCOCCN1C(=C)Oc2ccccc21. The van der Waals surface area contributed by atoms with Gasteiger partial charge in [-0.1, -0.05) is 18.2 Å². The summed E-state index contributed by atoms with van der Waals surface area (Å²) in [6, 6.07) is 7.88. The third-order valence-corrected chi connectivity index (χ3v) is 2.38. The zero-order valence-corrected chi connectivity index (χ0v) is 9.19. The van der Waals surface area contributed by atoms with E-state index >= 15 is 0 Å². The maximum Gasteiger partial charge on any atom is 0.193 e. The highest BCUT2D eigenvalue weighted by Crippen LogP contribution is 2.37. The van der Waals surface area contributed by atoms with E-state index in [9.17, 15) is 0 Å². The maximum absolute atomic E-state index is 5.53. The van der Waals surface area contributed by atoms with Crippen LogP contribution < -0.4 is 9.64 Å². The number of anilines is 1. The van der Waals surface area contributed by atoms with Crippen molar-refractivity contribution in [3.63, 3.8) is 0 Å². The predicted molar refractivity (Wildman–Crippen MR) is 64.6 cm³/mol. The Morgan fingerprint density at radius 1 is 1.38 bits per heavy atom. The Hall–Kier alpha value is -1.74. The summed E-state index contributed by atoms with van der Waals surface area (Å²) in [6.07, 6.45) is 1.74. The molecule has 0 spiro atoms. The van der Waals surface area contributed by atoms with Crippen LogP contribution in [0, 0.1) is 0 Å². The molecule has 0 aliphatic carbocycles. The fourth-order valence-corrected chi connectivity index (χ4v) is 1.65. The molecule has 0 radical (unpaired) electrons. The maximum atomic E-state index is 5.53. The average molecular weight is 217 g/mol. The summed E-state index contributed by atoms with van der Waals surface area (Å²) in [5.41, 5.74) is 1.05. The molecule has 0 bridgehead atoms. The van der Waals surface area contributed by atoms with Crippen LogP contribution in [0.25, 0.3) is 0 Å². The van der Waals surface area contributed by atoms with Crippen LogP contribution in [0.15, 0.2) is 49.4 Å². The van der Waals surface area contributed by atoms with Crippen molar-refractivity contribution in [3.05, 3.63) is 49.4 Å². The molecule has 0 saturated carbocycles. The molecule has 0 atom stereocenters. The number of para-hydroxylation sites is 2. The van der Waals surface area contributed by atoms with Gasteiger partial charge < -0.3 is 14.4 Å². The molecule has 0 N–H and O–H groups in total. The van der Waals surface area contributed by atoms with Crippen molar-refractivity contribution in [2.45, 2.75) is 0 Å². The Bertz CT molecular complexity index is 401. The van der Waals surface area contributed by atoms with Crippen LogP contribution in [-0.2, 0) is 4.74 Å². The Kier molecular flexibility index (Phi) is 3.27. The summed E-state index contributed by atoms with van der Waals surface area (Å²) >= 11 is 0. The second-order valence-corrected chi connectivity index (χ2v) is 3.48. The second kappa shape index (κ2) is 4.86. The van der Waals surface area contributed by atoms with E-state index in [0.717, 1.165) is 18.0 Å². The molecule has 2 rings (SSSR count). The highest BCUT2D eigenvalue weighted by molar-refractivity contribution is 5.65. The van der Waals surface area contributed by atoms with Gasteiger partial charge in [0.05, 0.1) is 18.9 Å². The van der Waals surface area contributed by atoms with E-state index in [0.29, 0.717) is 19.1 Å². The smallest absolute Gasteiger partial charge is 0.193 e. The van der Waals surface area contributed by atoms with Crippen LogP contribution >= 0.6 is 0 Å². The van der Waals surface area contributed by atoms with Crippen molar-refractivity contribution in [1.29, 1.82) is 0 Å². The standard InChI is InChI=1S/C13H15NO2/c1-3-9-15-10-8-14-11(2)16-13-7-5-4-6-12(13)14/h3-7H,1-2,8-10H2. The van der Waals surface area contributed by atoms with Crippen LogP contribution in [0.4, 0.5) is 5.69 Å². The van der Waals surface area contributed by atoms with Crippen LogP contribution in [-0.4, -0.2) is 19.8 Å². The first-order valence-electron chi connectivity index (χ1n) is 5.25. The molecule has 0 amide bonds. The number of hydrogen-bond acceptors (Lipinski definition) is 3. The summed E-state index contributed by atoms with van der Waals surface area (Å²) in [5.74, 6) is 1.51. The summed E-state index contributed by atoms with van der Waals surface area (Å²) in [4.78, 5) is 2.01. The molecular formula is C13H15NO2. The van der Waals surface area contributed by atoms with Crippen molar-refractivity contribution >= 4 is 5.69 Å². The van der Waals surface area contributed by atoms with Gasteiger partial charge in [0.2, 0.25) is 0 Å². The average Bonchev–Trinajstić information content (AvgIpc) is 2.61. The van der Waals surface area contributed by atoms with Gasteiger partial charge in [-0.25, -0.2) is 0 Å². The molecule has 1 aromatic rings.